The minimum absolute atomic E-state index is 0.0404. The van der Waals surface area contributed by atoms with Crippen molar-refractivity contribution < 1.29 is 4.79 Å². The first-order chi connectivity index (χ1) is 13.2. The normalized spacial score (nSPS) is 18.9. The Kier molecular flexibility index (Phi) is 5.78. The number of carbonyl (C=O) groups excluding carboxylic acids is 1. The summed E-state index contributed by atoms with van der Waals surface area (Å²) in [4.78, 5) is 16.1. The van der Waals surface area contributed by atoms with Crippen LogP contribution < -0.4 is 5.32 Å². The Morgan fingerprint density at radius 1 is 1.22 bits per heavy atom. The smallest absolute Gasteiger partial charge is 0.226 e. The molecule has 1 atom stereocenters. The molecule has 1 aromatic carbocycles. The Hall–Kier alpha value is -1.86. The highest BCUT2D eigenvalue weighted by atomic mass is 32.2. The van der Waals surface area contributed by atoms with Crippen LogP contribution in [0.4, 0.5) is 0 Å². The summed E-state index contributed by atoms with van der Waals surface area (Å²) >= 11 is 1.76. The maximum absolute atomic E-state index is 12.8. The number of nitrogens with one attached hydrogen (secondary N) is 1. The molecule has 2 aromatic rings. The lowest BCUT2D eigenvalue weighted by atomic mass is 9.95. The van der Waals surface area contributed by atoms with Crippen LogP contribution in [-0.4, -0.2) is 51.0 Å². The predicted octanol–water partition coefficient (Wildman–Crippen LogP) is 2.52. The second kappa shape index (κ2) is 8.44. The second-order valence-corrected chi connectivity index (χ2v) is 8.52. The lowest BCUT2D eigenvalue weighted by molar-refractivity contribution is -0.135. The van der Waals surface area contributed by atoms with Crippen molar-refractivity contribution in [3.05, 3.63) is 42.0 Å². The third-order valence-corrected chi connectivity index (χ3v) is 6.76. The molecule has 0 saturated carbocycles. The van der Waals surface area contributed by atoms with Gasteiger partial charge in [-0.1, -0.05) is 25.1 Å². The number of piperidine rings is 1. The fourth-order valence-electron chi connectivity index (χ4n) is 3.90. The van der Waals surface area contributed by atoms with Gasteiger partial charge in [0, 0.05) is 48.7 Å². The standard InChI is InChI=1S/C20H27N5OS/c1-15(14-27-17-5-3-2-4-6-17)20(26)24-10-7-16(8-11-24)19-23-22-18-13-21-9-12-25(18)19/h2-6,15-16,21H,7-14H2,1H3. The summed E-state index contributed by atoms with van der Waals surface area (Å²) in [7, 11) is 0. The molecule has 1 amide bonds. The van der Waals surface area contributed by atoms with E-state index in [0.717, 1.165) is 63.0 Å². The van der Waals surface area contributed by atoms with E-state index >= 15 is 0 Å². The molecule has 144 valence electrons. The van der Waals surface area contributed by atoms with Crippen LogP contribution in [-0.2, 0) is 17.9 Å². The summed E-state index contributed by atoms with van der Waals surface area (Å²) in [6.07, 6.45) is 1.96. The van der Waals surface area contributed by atoms with Crippen molar-refractivity contribution in [3.63, 3.8) is 0 Å². The third-order valence-electron chi connectivity index (χ3n) is 5.49. The van der Waals surface area contributed by atoms with E-state index in [1.165, 1.54) is 4.90 Å². The van der Waals surface area contributed by atoms with Gasteiger partial charge in [0.1, 0.15) is 11.6 Å². The van der Waals surface area contributed by atoms with E-state index in [1.807, 2.05) is 30.0 Å². The van der Waals surface area contributed by atoms with Gasteiger partial charge in [0.25, 0.3) is 0 Å². The molecular weight excluding hydrogens is 358 g/mol. The van der Waals surface area contributed by atoms with Crippen molar-refractivity contribution >= 4 is 17.7 Å². The van der Waals surface area contributed by atoms with Crippen LogP contribution in [0.1, 0.15) is 37.3 Å². The average molecular weight is 386 g/mol. The summed E-state index contributed by atoms with van der Waals surface area (Å²) in [5.74, 6) is 3.73. The van der Waals surface area contributed by atoms with E-state index in [0.29, 0.717) is 5.92 Å². The maximum Gasteiger partial charge on any atom is 0.226 e. The van der Waals surface area contributed by atoms with Gasteiger partial charge < -0.3 is 14.8 Å². The molecule has 1 unspecified atom stereocenters. The molecular formula is C20H27N5OS. The highest BCUT2D eigenvalue weighted by Gasteiger charge is 2.30. The molecule has 3 heterocycles. The molecule has 1 saturated heterocycles. The molecule has 0 spiro atoms. The molecule has 0 bridgehead atoms. The first-order valence-corrected chi connectivity index (χ1v) is 10.8. The molecule has 2 aliphatic rings. The van der Waals surface area contributed by atoms with E-state index in [9.17, 15) is 4.79 Å². The lowest BCUT2D eigenvalue weighted by Crippen LogP contribution is -2.41. The summed E-state index contributed by atoms with van der Waals surface area (Å²) in [5.41, 5.74) is 0. The number of likely N-dealkylation sites (tertiary alicyclic amines) is 1. The zero-order valence-electron chi connectivity index (χ0n) is 15.8. The molecule has 7 heteroatoms. The van der Waals surface area contributed by atoms with Gasteiger partial charge >= 0.3 is 0 Å². The molecule has 27 heavy (non-hydrogen) atoms. The fraction of sp³-hybridized carbons (Fsp3) is 0.550. The molecule has 1 aromatic heterocycles. The van der Waals surface area contributed by atoms with E-state index < -0.39 is 0 Å². The summed E-state index contributed by atoms with van der Waals surface area (Å²) in [6, 6.07) is 10.3. The van der Waals surface area contributed by atoms with Crippen molar-refractivity contribution in [2.24, 2.45) is 5.92 Å². The molecule has 4 rings (SSSR count). The number of thioether (sulfide) groups is 1. The number of hydrogen-bond acceptors (Lipinski definition) is 5. The van der Waals surface area contributed by atoms with Gasteiger partial charge in [-0.25, -0.2) is 0 Å². The first kappa shape index (κ1) is 18.5. The van der Waals surface area contributed by atoms with Gasteiger partial charge in [-0.05, 0) is 25.0 Å². The quantitative estimate of drug-likeness (QED) is 0.802. The molecule has 1 N–H and O–H groups in total. The number of aromatic nitrogens is 3. The van der Waals surface area contributed by atoms with E-state index in [4.69, 9.17) is 0 Å². The molecule has 1 fully saturated rings. The molecule has 6 nitrogen and oxygen atoms in total. The number of carbonyl (C=O) groups is 1. The highest BCUT2D eigenvalue weighted by Crippen LogP contribution is 2.29. The van der Waals surface area contributed by atoms with Crippen molar-refractivity contribution in [1.29, 1.82) is 0 Å². The maximum atomic E-state index is 12.8. The van der Waals surface area contributed by atoms with Gasteiger partial charge in [-0.2, -0.15) is 0 Å². The van der Waals surface area contributed by atoms with Crippen molar-refractivity contribution in [1.82, 2.24) is 25.0 Å². The average Bonchev–Trinajstić information content (AvgIpc) is 3.16. The van der Waals surface area contributed by atoms with Crippen molar-refractivity contribution in [2.75, 3.05) is 25.4 Å². The van der Waals surface area contributed by atoms with Gasteiger partial charge in [0.05, 0.1) is 6.54 Å². The third kappa shape index (κ3) is 4.19. The van der Waals surface area contributed by atoms with E-state index in [-0.39, 0.29) is 11.8 Å². The van der Waals surface area contributed by atoms with E-state index in [1.54, 1.807) is 11.8 Å². The summed E-state index contributed by atoms with van der Waals surface area (Å²) < 4.78 is 2.28. The zero-order chi connectivity index (χ0) is 18.6. The second-order valence-electron chi connectivity index (χ2n) is 7.43. The Morgan fingerprint density at radius 2 is 2.00 bits per heavy atom. The highest BCUT2D eigenvalue weighted by molar-refractivity contribution is 7.99. The number of rotatable bonds is 5. The topological polar surface area (TPSA) is 63.1 Å². The van der Waals surface area contributed by atoms with Crippen LogP contribution in [0.25, 0.3) is 0 Å². The Balaban J connectivity index is 1.29. The lowest BCUT2D eigenvalue weighted by Gasteiger charge is -2.33. The molecule has 0 radical (unpaired) electrons. The van der Waals surface area contributed by atoms with Crippen LogP contribution in [0.2, 0.25) is 0 Å². The van der Waals surface area contributed by atoms with Crippen LogP contribution in [0, 0.1) is 5.92 Å². The Bertz CT molecular complexity index is 770. The number of amides is 1. The van der Waals surface area contributed by atoms with Gasteiger partial charge in [-0.15, -0.1) is 22.0 Å². The molecule has 2 aliphatic heterocycles. The largest absolute Gasteiger partial charge is 0.342 e. The van der Waals surface area contributed by atoms with Crippen molar-refractivity contribution in [2.45, 2.75) is 43.7 Å². The van der Waals surface area contributed by atoms with Crippen LogP contribution in [0.3, 0.4) is 0 Å². The summed E-state index contributed by atoms with van der Waals surface area (Å²) in [6.45, 7) is 6.43. The minimum atomic E-state index is 0.0404. The monoisotopic (exact) mass is 385 g/mol. The van der Waals surface area contributed by atoms with Crippen LogP contribution >= 0.6 is 11.8 Å². The number of hydrogen-bond donors (Lipinski definition) is 1. The van der Waals surface area contributed by atoms with Gasteiger partial charge in [0.2, 0.25) is 5.91 Å². The minimum Gasteiger partial charge on any atom is -0.342 e. The number of fused-ring (bicyclic) bond motifs is 1. The van der Waals surface area contributed by atoms with Crippen LogP contribution in [0.5, 0.6) is 0 Å². The SMILES string of the molecule is CC(CSc1ccccc1)C(=O)N1CCC(c2nnc3n2CCNC3)CC1. The van der Waals surface area contributed by atoms with Crippen molar-refractivity contribution in [3.8, 4) is 0 Å². The predicted molar refractivity (Wildman–Crippen MR) is 107 cm³/mol. The summed E-state index contributed by atoms with van der Waals surface area (Å²) in [5, 5.41) is 12.1. The first-order valence-electron chi connectivity index (χ1n) is 9.81. The van der Waals surface area contributed by atoms with Gasteiger partial charge in [0.15, 0.2) is 0 Å². The fourth-order valence-corrected chi connectivity index (χ4v) is 4.83. The van der Waals surface area contributed by atoms with E-state index in [2.05, 4.69) is 32.2 Å². The number of nitrogens with zero attached hydrogens (tertiary/aromatic N) is 4. The van der Waals surface area contributed by atoms with Gasteiger partial charge in [-0.3, -0.25) is 4.79 Å². The van der Waals surface area contributed by atoms with Crippen LogP contribution in [0.15, 0.2) is 35.2 Å². The Morgan fingerprint density at radius 3 is 2.78 bits per heavy atom. The Labute approximate surface area is 164 Å². The molecule has 0 aliphatic carbocycles. The zero-order valence-corrected chi connectivity index (χ0v) is 16.6. The number of benzene rings is 1.